The number of aromatic nitrogens is 2. The van der Waals surface area contributed by atoms with Crippen LogP contribution in [0, 0.1) is 17.9 Å². The van der Waals surface area contributed by atoms with Gasteiger partial charge in [-0.15, -0.1) is 11.3 Å². The molecule has 3 aromatic heterocycles. The van der Waals surface area contributed by atoms with Gasteiger partial charge in [-0.2, -0.15) is 0 Å². The van der Waals surface area contributed by atoms with Gasteiger partial charge in [-0.25, -0.2) is 15.1 Å². The van der Waals surface area contributed by atoms with Crippen LogP contribution in [0.3, 0.4) is 0 Å². The molecule has 0 spiro atoms. The number of thiazole rings is 1. The van der Waals surface area contributed by atoms with Crippen molar-refractivity contribution in [2.75, 3.05) is 0 Å². The molecule has 0 saturated heterocycles. The van der Waals surface area contributed by atoms with Gasteiger partial charge in [0.25, 0.3) is 5.70 Å². The third kappa shape index (κ3) is 2.94. The Hall–Kier alpha value is -3.09. The summed E-state index contributed by atoms with van der Waals surface area (Å²) in [4.78, 5) is 8.20. The van der Waals surface area contributed by atoms with Crippen molar-refractivity contribution >= 4 is 17.4 Å². The quantitative estimate of drug-likeness (QED) is 0.518. The van der Waals surface area contributed by atoms with Crippen LogP contribution in [-0.4, -0.2) is 9.55 Å². The molecule has 0 N–H and O–H groups in total. The van der Waals surface area contributed by atoms with Gasteiger partial charge in [0.2, 0.25) is 0 Å². The number of rotatable bonds is 4. The predicted octanol–water partition coefficient (Wildman–Crippen LogP) is 4.68. The van der Waals surface area contributed by atoms with Crippen LogP contribution in [0.1, 0.15) is 11.8 Å². The van der Waals surface area contributed by atoms with Gasteiger partial charge in [0.1, 0.15) is 0 Å². The van der Waals surface area contributed by atoms with Crippen molar-refractivity contribution in [2.24, 2.45) is 0 Å². The van der Waals surface area contributed by atoms with Gasteiger partial charge in [-0.1, -0.05) is 0 Å². The standard InChI is InChI=1S/C17H12N4OS/c1-3-21-8-4-5-14(21)15-6-7-16(22-15)17-20-11-13(23-17)9-12(10-18)19-2/h4-9,11H,3H2,1H3/b12-9-. The Labute approximate surface area is 137 Å². The zero-order chi connectivity index (χ0) is 16.2. The Morgan fingerprint density at radius 2 is 2.30 bits per heavy atom. The van der Waals surface area contributed by atoms with E-state index in [2.05, 4.69) is 21.3 Å². The van der Waals surface area contributed by atoms with Gasteiger partial charge in [-0.05, 0) is 37.3 Å². The van der Waals surface area contributed by atoms with E-state index in [0.717, 1.165) is 27.9 Å². The first-order valence-electron chi connectivity index (χ1n) is 6.96. The van der Waals surface area contributed by atoms with Crippen LogP contribution in [0.25, 0.3) is 33.1 Å². The van der Waals surface area contributed by atoms with E-state index < -0.39 is 0 Å². The van der Waals surface area contributed by atoms with E-state index in [-0.39, 0.29) is 5.70 Å². The second-order valence-electron chi connectivity index (χ2n) is 4.66. The molecule has 0 bridgehead atoms. The van der Waals surface area contributed by atoms with Crippen molar-refractivity contribution in [3.8, 4) is 28.3 Å². The minimum atomic E-state index is 0.0427. The zero-order valence-electron chi connectivity index (χ0n) is 12.4. The number of aryl methyl sites for hydroxylation is 1. The Bertz CT molecular complexity index is 930. The fourth-order valence-electron chi connectivity index (χ4n) is 2.20. The summed E-state index contributed by atoms with van der Waals surface area (Å²) in [6.07, 6.45) is 5.18. The number of allylic oxidation sites excluding steroid dienone is 1. The Morgan fingerprint density at radius 3 is 3.04 bits per heavy atom. The van der Waals surface area contributed by atoms with Crippen LogP contribution in [0.4, 0.5) is 0 Å². The van der Waals surface area contributed by atoms with E-state index in [0.29, 0.717) is 5.76 Å². The van der Waals surface area contributed by atoms with Crippen LogP contribution in [0.15, 0.2) is 46.8 Å². The summed E-state index contributed by atoms with van der Waals surface area (Å²) in [5, 5.41) is 9.52. The highest BCUT2D eigenvalue weighted by molar-refractivity contribution is 7.15. The highest BCUT2D eigenvalue weighted by atomic mass is 32.1. The van der Waals surface area contributed by atoms with Gasteiger partial charge in [0.15, 0.2) is 16.5 Å². The molecule has 3 aromatic rings. The Morgan fingerprint density at radius 1 is 1.48 bits per heavy atom. The van der Waals surface area contributed by atoms with Gasteiger partial charge in [0.05, 0.1) is 18.3 Å². The van der Waals surface area contributed by atoms with Gasteiger partial charge in [0, 0.05) is 23.8 Å². The summed E-state index contributed by atoms with van der Waals surface area (Å²) in [5.41, 5.74) is 1.07. The summed E-state index contributed by atoms with van der Waals surface area (Å²) in [5.74, 6) is 1.47. The van der Waals surface area contributed by atoms with Gasteiger partial charge in [-0.3, -0.25) is 0 Å². The van der Waals surface area contributed by atoms with E-state index in [1.54, 1.807) is 6.20 Å². The van der Waals surface area contributed by atoms with E-state index in [1.165, 1.54) is 17.4 Å². The van der Waals surface area contributed by atoms with Crippen LogP contribution >= 0.6 is 11.3 Å². The summed E-state index contributed by atoms with van der Waals surface area (Å²) in [6, 6.07) is 9.65. The maximum absolute atomic E-state index is 8.80. The van der Waals surface area contributed by atoms with Crippen LogP contribution in [0.5, 0.6) is 0 Å². The maximum Gasteiger partial charge on any atom is 0.263 e. The van der Waals surface area contributed by atoms with Crippen molar-refractivity contribution in [3.05, 3.63) is 58.7 Å². The minimum absolute atomic E-state index is 0.0427. The minimum Gasteiger partial charge on any atom is -0.452 e. The molecular formula is C17H12N4OS. The van der Waals surface area contributed by atoms with Gasteiger partial charge < -0.3 is 8.98 Å². The first kappa shape index (κ1) is 14.8. The van der Waals surface area contributed by atoms with Crippen molar-refractivity contribution in [1.82, 2.24) is 9.55 Å². The molecule has 112 valence electrons. The summed E-state index contributed by atoms with van der Waals surface area (Å²) in [6.45, 7) is 9.85. The second-order valence-corrected chi connectivity index (χ2v) is 5.73. The predicted molar refractivity (Wildman–Crippen MR) is 89.1 cm³/mol. The van der Waals surface area contributed by atoms with Crippen LogP contribution < -0.4 is 0 Å². The van der Waals surface area contributed by atoms with Crippen molar-refractivity contribution in [1.29, 1.82) is 5.26 Å². The first-order chi connectivity index (χ1) is 11.2. The molecule has 3 rings (SSSR count). The molecule has 0 aliphatic rings. The Balaban J connectivity index is 1.90. The lowest BCUT2D eigenvalue weighted by molar-refractivity contribution is 0.587. The van der Waals surface area contributed by atoms with E-state index >= 15 is 0 Å². The highest BCUT2D eigenvalue weighted by Gasteiger charge is 2.12. The lowest BCUT2D eigenvalue weighted by Crippen LogP contribution is -1.93. The van der Waals surface area contributed by atoms with Crippen molar-refractivity contribution < 1.29 is 4.42 Å². The Kier molecular flexibility index (Phi) is 4.09. The molecule has 23 heavy (non-hydrogen) atoms. The molecule has 0 saturated carbocycles. The first-order valence-corrected chi connectivity index (χ1v) is 7.77. The van der Waals surface area contributed by atoms with E-state index in [1.807, 2.05) is 36.5 Å². The average molecular weight is 320 g/mol. The number of furan rings is 1. The largest absolute Gasteiger partial charge is 0.452 e. The topological polar surface area (TPSA) is 59.1 Å². The summed E-state index contributed by atoms with van der Waals surface area (Å²) in [7, 11) is 0. The number of nitrogens with zero attached hydrogens (tertiary/aromatic N) is 4. The summed E-state index contributed by atoms with van der Waals surface area (Å²) >= 11 is 1.38. The molecule has 0 amide bonds. The third-order valence-electron chi connectivity index (χ3n) is 3.28. The number of nitriles is 1. The van der Waals surface area contributed by atoms with Crippen molar-refractivity contribution in [3.63, 3.8) is 0 Å². The maximum atomic E-state index is 8.80. The molecule has 0 fully saturated rings. The lowest BCUT2D eigenvalue weighted by atomic mass is 10.3. The van der Waals surface area contributed by atoms with Crippen LogP contribution in [-0.2, 0) is 6.54 Å². The van der Waals surface area contributed by atoms with E-state index in [9.17, 15) is 0 Å². The number of hydrogen-bond acceptors (Lipinski definition) is 4. The fourth-order valence-corrected chi connectivity index (χ4v) is 3.01. The molecule has 0 aliphatic carbocycles. The third-order valence-corrected chi connectivity index (χ3v) is 4.24. The number of hydrogen-bond donors (Lipinski definition) is 0. The molecule has 0 atom stereocenters. The molecule has 0 radical (unpaired) electrons. The van der Waals surface area contributed by atoms with Crippen LogP contribution in [0.2, 0.25) is 0 Å². The molecule has 6 heteroatoms. The zero-order valence-corrected chi connectivity index (χ0v) is 13.2. The lowest BCUT2D eigenvalue weighted by Gasteiger charge is -2.02. The average Bonchev–Trinajstić information content (AvgIpc) is 3.30. The molecule has 3 heterocycles. The van der Waals surface area contributed by atoms with E-state index in [4.69, 9.17) is 16.3 Å². The van der Waals surface area contributed by atoms with Gasteiger partial charge >= 0.3 is 0 Å². The molecule has 0 aromatic carbocycles. The molecule has 0 aliphatic heterocycles. The monoisotopic (exact) mass is 320 g/mol. The summed E-state index contributed by atoms with van der Waals surface area (Å²) < 4.78 is 8.01. The fraction of sp³-hybridized carbons (Fsp3) is 0.118. The SMILES string of the molecule is [C-]#[N+]/C(C#N)=C\c1cnc(-c2ccc(-c3cccn3CC)o2)s1. The van der Waals surface area contributed by atoms with Crippen molar-refractivity contribution in [2.45, 2.75) is 13.5 Å². The normalized spacial score (nSPS) is 11.2. The molecule has 0 unspecified atom stereocenters. The molecule has 5 nitrogen and oxygen atoms in total. The smallest absolute Gasteiger partial charge is 0.263 e. The second kappa shape index (κ2) is 6.35. The highest BCUT2D eigenvalue weighted by Crippen LogP contribution is 2.32. The molecular weight excluding hydrogens is 308 g/mol.